The summed E-state index contributed by atoms with van der Waals surface area (Å²) in [7, 11) is 0. The van der Waals surface area contributed by atoms with Gasteiger partial charge in [-0.1, -0.05) is 0 Å². The Morgan fingerprint density at radius 2 is 0.906 bits per heavy atom. The van der Waals surface area contributed by atoms with Gasteiger partial charge in [0.1, 0.15) is 0 Å². The van der Waals surface area contributed by atoms with Crippen molar-refractivity contribution < 1.29 is 62.2 Å². The van der Waals surface area contributed by atoms with Gasteiger partial charge in [-0.05, 0) is 19.3 Å². The zero-order valence-corrected chi connectivity index (χ0v) is 15.3. The van der Waals surface area contributed by atoms with Gasteiger partial charge in [0.15, 0.2) is 0 Å². The molecule has 0 atom stereocenters. The summed E-state index contributed by atoms with van der Waals surface area (Å²) < 4.78 is 160. The molecule has 2 rings (SSSR count). The lowest BCUT2D eigenvalue weighted by Gasteiger charge is -2.28. The molecule has 0 aromatic carbocycles. The Morgan fingerprint density at radius 1 is 0.562 bits per heavy atom. The van der Waals surface area contributed by atoms with Crippen LogP contribution in [0.1, 0.15) is 19.3 Å². The highest BCUT2D eigenvalue weighted by Crippen LogP contribution is 2.38. The van der Waals surface area contributed by atoms with Gasteiger partial charge in [-0.25, -0.2) is 0 Å². The third-order valence-corrected chi connectivity index (χ3v) is 3.86. The van der Waals surface area contributed by atoms with E-state index in [1.165, 1.54) is 0 Å². The summed E-state index contributed by atoms with van der Waals surface area (Å²) in [5.41, 5.74) is 0. The number of halogens is 12. The van der Waals surface area contributed by atoms with E-state index in [1.807, 2.05) is 0 Å². The molecule has 0 spiro atoms. The summed E-state index contributed by atoms with van der Waals surface area (Å²) in [5.74, 6) is -0.809. The molecule has 6 nitrogen and oxygen atoms in total. The van der Waals surface area contributed by atoms with Crippen molar-refractivity contribution in [2.45, 2.75) is 56.2 Å². The highest BCUT2D eigenvalue weighted by Gasteiger charge is 2.61. The minimum absolute atomic E-state index is 0.0623. The lowest BCUT2D eigenvalue weighted by Crippen LogP contribution is -2.47. The normalized spacial score (nSPS) is 16.6. The van der Waals surface area contributed by atoms with Crippen LogP contribution >= 0.6 is 0 Å². The molecule has 0 saturated carbocycles. The molecule has 1 saturated heterocycles. The molecule has 2 heterocycles. The van der Waals surface area contributed by atoms with Crippen molar-refractivity contribution in [2.75, 3.05) is 18.0 Å². The van der Waals surface area contributed by atoms with Gasteiger partial charge >= 0.3 is 36.7 Å². The standard InChI is InChI=1S/C14H12F12N4O2/c15-11(16,17)6(12(18,19)20)31-9-27-8(30-4-2-1-3-5-30)28-10(29-9)32-7(13(21,22)23)14(24,25)26/h6-7H,1-5H2. The number of hydrogen-bond acceptors (Lipinski definition) is 6. The van der Waals surface area contributed by atoms with Crippen LogP contribution in [0.3, 0.4) is 0 Å². The van der Waals surface area contributed by atoms with E-state index in [2.05, 4.69) is 24.4 Å². The average molecular weight is 496 g/mol. The van der Waals surface area contributed by atoms with Crippen molar-refractivity contribution in [2.24, 2.45) is 0 Å². The first kappa shape index (κ1) is 25.8. The Labute approximate surface area is 170 Å². The maximum Gasteiger partial charge on any atom is 0.434 e. The van der Waals surface area contributed by atoms with Gasteiger partial charge in [0.05, 0.1) is 0 Å². The van der Waals surface area contributed by atoms with E-state index in [0.717, 1.165) is 4.90 Å². The van der Waals surface area contributed by atoms with Crippen LogP contribution in [-0.4, -0.2) is 65.0 Å². The number of alkyl halides is 12. The molecule has 1 aliphatic rings. The minimum Gasteiger partial charge on any atom is -0.440 e. The van der Waals surface area contributed by atoms with Gasteiger partial charge in [0, 0.05) is 13.1 Å². The Balaban J connectivity index is 2.49. The highest BCUT2D eigenvalue weighted by molar-refractivity contribution is 5.32. The summed E-state index contributed by atoms with van der Waals surface area (Å²) >= 11 is 0. The van der Waals surface area contributed by atoms with Gasteiger partial charge in [0.2, 0.25) is 5.95 Å². The molecule has 18 heteroatoms. The third-order valence-electron chi connectivity index (χ3n) is 3.86. The van der Waals surface area contributed by atoms with Crippen LogP contribution in [-0.2, 0) is 0 Å². The second kappa shape index (κ2) is 8.84. The molecule has 0 aliphatic carbocycles. The number of rotatable bonds is 5. The Kier molecular flexibility index (Phi) is 7.13. The number of hydrogen-bond donors (Lipinski definition) is 0. The van der Waals surface area contributed by atoms with Crippen molar-refractivity contribution in [3.05, 3.63) is 0 Å². The predicted molar refractivity (Wildman–Crippen MR) is 78.9 cm³/mol. The first-order valence-corrected chi connectivity index (χ1v) is 8.50. The zero-order valence-electron chi connectivity index (χ0n) is 15.3. The van der Waals surface area contributed by atoms with Crippen molar-refractivity contribution in [1.29, 1.82) is 0 Å². The van der Waals surface area contributed by atoms with Crippen molar-refractivity contribution >= 4 is 5.95 Å². The topological polar surface area (TPSA) is 60.4 Å². The van der Waals surface area contributed by atoms with E-state index in [1.54, 1.807) is 0 Å². The summed E-state index contributed by atoms with van der Waals surface area (Å²) in [6, 6.07) is -3.64. The lowest BCUT2D eigenvalue weighted by atomic mass is 10.1. The summed E-state index contributed by atoms with van der Waals surface area (Å²) in [4.78, 5) is 10.2. The zero-order chi connectivity index (χ0) is 24.5. The maximum absolute atomic E-state index is 12.7. The van der Waals surface area contributed by atoms with Crippen molar-refractivity contribution in [3.63, 3.8) is 0 Å². The molecule has 0 bridgehead atoms. The highest BCUT2D eigenvalue weighted by atomic mass is 19.4. The van der Waals surface area contributed by atoms with Gasteiger partial charge in [0.25, 0.3) is 12.2 Å². The Bertz CT molecular complexity index is 691. The monoisotopic (exact) mass is 496 g/mol. The average Bonchev–Trinajstić information content (AvgIpc) is 2.61. The summed E-state index contributed by atoms with van der Waals surface area (Å²) in [6.45, 7) is 0.125. The largest absolute Gasteiger partial charge is 0.440 e. The quantitative estimate of drug-likeness (QED) is 0.556. The molecule has 1 aromatic heterocycles. The third kappa shape index (κ3) is 6.78. The predicted octanol–water partition coefficient (Wildman–Crippen LogP) is 4.61. The number of ether oxygens (including phenoxy) is 2. The van der Waals surface area contributed by atoms with E-state index < -0.39 is 54.9 Å². The van der Waals surface area contributed by atoms with E-state index in [-0.39, 0.29) is 13.1 Å². The fraction of sp³-hybridized carbons (Fsp3) is 0.786. The molecule has 32 heavy (non-hydrogen) atoms. The summed E-state index contributed by atoms with van der Waals surface area (Å²) in [5, 5.41) is 0. The van der Waals surface area contributed by atoms with Gasteiger partial charge in [-0.15, -0.1) is 4.98 Å². The lowest BCUT2D eigenvalue weighted by molar-refractivity contribution is -0.302. The van der Waals surface area contributed by atoms with E-state index in [4.69, 9.17) is 0 Å². The Hall–Kier alpha value is -2.43. The van der Waals surface area contributed by atoms with Crippen LogP contribution in [0.25, 0.3) is 0 Å². The fourth-order valence-corrected chi connectivity index (χ4v) is 2.52. The van der Waals surface area contributed by atoms with Crippen LogP contribution in [0.5, 0.6) is 12.0 Å². The van der Waals surface area contributed by atoms with Crippen LogP contribution in [0.15, 0.2) is 0 Å². The smallest absolute Gasteiger partial charge is 0.434 e. The van der Waals surface area contributed by atoms with Gasteiger partial charge < -0.3 is 14.4 Å². The van der Waals surface area contributed by atoms with Crippen molar-refractivity contribution in [3.8, 4) is 12.0 Å². The molecule has 0 unspecified atom stereocenters. The van der Waals surface area contributed by atoms with E-state index in [9.17, 15) is 52.7 Å². The molecular formula is C14H12F12N4O2. The minimum atomic E-state index is -6.06. The van der Waals surface area contributed by atoms with Crippen molar-refractivity contribution in [1.82, 2.24) is 15.0 Å². The van der Waals surface area contributed by atoms with Crippen LogP contribution in [0, 0.1) is 0 Å². The fourth-order valence-electron chi connectivity index (χ4n) is 2.52. The molecular weight excluding hydrogens is 484 g/mol. The van der Waals surface area contributed by atoms with Crippen LogP contribution < -0.4 is 14.4 Å². The molecule has 0 radical (unpaired) electrons. The molecule has 0 amide bonds. The summed E-state index contributed by atoms with van der Waals surface area (Å²) in [6.07, 6.45) is -31.7. The number of piperidine rings is 1. The van der Waals surface area contributed by atoms with E-state index >= 15 is 0 Å². The van der Waals surface area contributed by atoms with Crippen LogP contribution in [0.4, 0.5) is 58.6 Å². The first-order chi connectivity index (χ1) is 14.4. The molecule has 0 N–H and O–H groups in total. The SMILES string of the molecule is FC(F)(F)C(Oc1nc(OC(C(F)(F)F)C(F)(F)F)nc(N2CCCCC2)n1)C(F)(F)F. The molecule has 1 aromatic rings. The molecule has 184 valence electrons. The number of anilines is 1. The van der Waals surface area contributed by atoms with Gasteiger partial charge in [-0.3, -0.25) is 0 Å². The van der Waals surface area contributed by atoms with Gasteiger partial charge in [-0.2, -0.15) is 62.7 Å². The first-order valence-electron chi connectivity index (χ1n) is 8.50. The Morgan fingerprint density at radius 3 is 1.22 bits per heavy atom. The second-order valence-corrected chi connectivity index (χ2v) is 6.41. The second-order valence-electron chi connectivity index (χ2n) is 6.41. The molecule has 1 fully saturated rings. The maximum atomic E-state index is 12.7. The van der Waals surface area contributed by atoms with Crippen LogP contribution in [0.2, 0.25) is 0 Å². The van der Waals surface area contributed by atoms with E-state index in [0.29, 0.717) is 19.3 Å². The molecule has 1 aliphatic heterocycles. The number of aromatic nitrogens is 3. The number of nitrogens with zero attached hydrogens (tertiary/aromatic N) is 4.